The number of rotatable bonds is 8. The molecule has 0 unspecified atom stereocenters. The number of hydrogen-bond donors (Lipinski definition) is 3. The molecule has 1 aromatic heterocycles. The minimum Gasteiger partial charge on any atom is -0.352 e. The number of imide groups is 1. The topological polar surface area (TPSA) is 125 Å². The lowest BCUT2D eigenvalue weighted by Gasteiger charge is -2.30. The Bertz CT molecular complexity index is 1030. The van der Waals surface area contributed by atoms with Gasteiger partial charge in [0.05, 0.1) is 0 Å². The maximum Gasteiger partial charge on any atom is 0.325 e. The Labute approximate surface area is 191 Å². The van der Waals surface area contributed by atoms with E-state index < -0.39 is 11.6 Å². The van der Waals surface area contributed by atoms with Gasteiger partial charge in [0.25, 0.3) is 5.91 Å². The van der Waals surface area contributed by atoms with Gasteiger partial charge in [0, 0.05) is 37.6 Å². The highest BCUT2D eigenvalue weighted by Gasteiger charge is 2.51. The molecule has 174 valence electrons. The summed E-state index contributed by atoms with van der Waals surface area (Å²) in [6.45, 7) is 0.436. The number of nitrogens with one attached hydrogen (secondary N) is 3. The second kappa shape index (κ2) is 9.85. The van der Waals surface area contributed by atoms with Crippen molar-refractivity contribution in [3.63, 3.8) is 0 Å². The summed E-state index contributed by atoms with van der Waals surface area (Å²) in [4.78, 5) is 50.7. The summed E-state index contributed by atoms with van der Waals surface area (Å²) in [6, 6.07) is 8.52. The van der Waals surface area contributed by atoms with Crippen molar-refractivity contribution in [3.8, 4) is 0 Å². The smallest absolute Gasteiger partial charge is 0.325 e. The van der Waals surface area contributed by atoms with E-state index in [1.165, 1.54) is 9.58 Å². The molecule has 1 aromatic carbocycles. The highest BCUT2D eigenvalue weighted by atomic mass is 16.2. The summed E-state index contributed by atoms with van der Waals surface area (Å²) in [7, 11) is 0. The number of hydrogen-bond acceptors (Lipinski definition) is 5. The van der Waals surface area contributed by atoms with E-state index in [9.17, 15) is 19.2 Å². The molecule has 2 heterocycles. The molecule has 33 heavy (non-hydrogen) atoms. The van der Waals surface area contributed by atoms with Crippen molar-refractivity contribution < 1.29 is 19.2 Å². The summed E-state index contributed by atoms with van der Waals surface area (Å²) in [5.74, 6) is -0.670. The third-order valence-electron chi connectivity index (χ3n) is 6.08. The van der Waals surface area contributed by atoms with E-state index in [0.29, 0.717) is 18.5 Å². The lowest BCUT2D eigenvalue weighted by atomic mass is 9.82. The maximum atomic E-state index is 12.8. The molecule has 1 aliphatic carbocycles. The molecule has 4 rings (SSSR count). The molecule has 0 atom stereocenters. The van der Waals surface area contributed by atoms with Crippen LogP contribution in [-0.4, -0.2) is 50.5 Å². The van der Waals surface area contributed by atoms with Crippen LogP contribution < -0.4 is 16.0 Å². The number of aromatic nitrogens is 2. The monoisotopic (exact) mass is 452 g/mol. The maximum absolute atomic E-state index is 12.8. The van der Waals surface area contributed by atoms with E-state index >= 15 is 0 Å². The summed E-state index contributed by atoms with van der Waals surface area (Å²) in [5, 5.41) is 12.5. The Balaban J connectivity index is 1.24. The molecule has 10 nitrogen and oxygen atoms in total. The van der Waals surface area contributed by atoms with Gasteiger partial charge in [-0.25, -0.2) is 4.79 Å². The fourth-order valence-electron chi connectivity index (χ4n) is 4.38. The predicted octanol–water partition coefficient (Wildman–Crippen LogP) is 1.78. The first-order chi connectivity index (χ1) is 15.9. The highest BCUT2D eigenvalue weighted by molar-refractivity contribution is 6.07. The Morgan fingerprint density at radius 3 is 2.67 bits per heavy atom. The summed E-state index contributed by atoms with van der Waals surface area (Å²) >= 11 is 0. The van der Waals surface area contributed by atoms with Crippen molar-refractivity contribution >= 4 is 29.4 Å². The van der Waals surface area contributed by atoms with Crippen LogP contribution in [0, 0.1) is 0 Å². The summed E-state index contributed by atoms with van der Waals surface area (Å²) in [5.41, 5.74) is 0.668. The first-order valence-electron chi connectivity index (χ1n) is 11.2. The van der Waals surface area contributed by atoms with Gasteiger partial charge in [-0.2, -0.15) is 5.10 Å². The van der Waals surface area contributed by atoms with Crippen LogP contribution in [0.25, 0.3) is 0 Å². The Morgan fingerprint density at radius 2 is 1.91 bits per heavy atom. The average molecular weight is 453 g/mol. The Morgan fingerprint density at radius 1 is 1.09 bits per heavy atom. The summed E-state index contributed by atoms with van der Waals surface area (Å²) in [6.07, 6.45) is 7.59. The van der Waals surface area contributed by atoms with Crippen molar-refractivity contribution in [3.05, 3.63) is 48.3 Å². The van der Waals surface area contributed by atoms with Gasteiger partial charge in [-0.15, -0.1) is 0 Å². The van der Waals surface area contributed by atoms with Crippen LogP contribution in [-0.2, 0) is 27.5 Å². The van der Waals surface area contributed by atoms with E-state index in [2.05, 4.69) is 21.0 Å². The molecule has 2 aromatic rings. The number of amides is 5. The highest BCUT2D eigenvalue weighted by Crippen LogP contribution is 2.33. The standard InChI is InChI=1S/C23H28N6O4/c30-19(8-13-29-21(32)23(27-22(29)33)9-2-1-3-10-23)24-15-17-6-4-7-18(14-17)26-20(31)16-28-12-5-11-25-28/h4-7,11-12,14H,1-3,8-10,13,15-16H2,(H,24,30)(H,26,31)(H,27,33). The fourth-order valence-corrected chi connectivity index (χ4v) is 4.38. The van der Waals surface area contributed by atoms with Crippen LogP contribution in [0.3, 0.4) is 0 Å². The van der Waals surface area contributed by atoms with Gasteiger partial charge in [0.15, 0.2) is 0 Å². The fraction of sp³-hybridized carbons (Fsp3) is 0.435. The number of benzene rings is 1. The van der Waals surface area contributed by atoms with E-state index in [4.69, 9.17) is 0 Å². The zero-order valence-electron chi connectivity index (χ0n) is 18.4. The molecule has 10 heteroatoms. The lowest BCUT2D eigenvalue weighted by Crippen LogP contribution is -2.48. The molecule has 2 aliphatic rings. The van der Waals surface area contributed by atoms with Crippen molar-refractivity contribution in [2.24, 2.45) is 0 Å². The molecular weight excluding hydrogens is 424 g/mol. The first kappa shape index (κ1) is 22.5. The minimum atomic E-state index is -0.770. The molecule has 0 radical (unpaired) electrons. The van der Waals surface area contributed by atoms with Gasteiger partial charge in [0.2, 0.25) is 11.8 Å². The quantitative estimate of drug-likeness (QED) is 0.527. The second-order valence-electron chi connectivity index (χ2n) is 8.51. The van der Waals surface area contributed by atoms with Gasteiger partial charge in [-0.3, -0.25) is 24.0 Å². The molecule has 1 aliphatic heterocycles. The number of carbonyl (C=O) groups is 4. The molecule has 2 fully saturated rings. The third kappa shape index (κ3) is 5.39. The van der Waals surface area contributed by atoms with Crippen molar-refractivity contribution in [2.45, 2.75) is 57.2 Å². The molecule has 1 saturated heterocycles. The summed E-state index contributed by atoms with van der Waals surface area (Å²) < 4.78 is 1.53. The second-order valence-corrected chi connectivity index (χ2v) is 8.51. The Kier molecular flexibility index (Phi) is 6.71. The van der Waals surface area contributed by atoms with Gasteiger partial charge in [-0.05, 0) is 36.6 Å². The van der Waals surface area contributed by atoms with Crippen molar-refractivity contribution in [2.75, 3.05) is 11.9 Å². The van der Waals surface area contributed by atoms with E-state index in [1.54, 1.807) is 36.7 Å². The molecule has 3 N–H and O–H groups in total. The van der Waals surface area contributed by atoms with Crippen LogP contribution in [0.2, 0.25) is 0 Å². The van der Waals surface area contributed by atoms with Crippen LogP contribution in [0.5, 0.6) is 0 Å². The normalized spacial score (nSPS) is 17.2. The molecular formula is C23H28N6O4. The Hall–Kier alpha value is -3.69. The molecule has 5 amide bonds. The first-order valence-corrected chi connectivity index (χ1v) is 11.2. The van der Waals surface area contributed by atoms with Crippen molar-refractivity contribution in [1.29, 1.82) is 0 Å². The van der Waals surface area contributed by atoms with Crippen LogP contribution in [0.4, 0.5) is 10.5 Å². The number of anilines is 1. The number of urea groups is 1. The van der Waals surface area contributed by atoms with E-state index in [1.807, 2.05) is 6.07 Å². The zero-order valence-corrected chi connectivity index (χ0v) is 18.4. The SMILES string of the molecule is O=C(CCN1C(=O)NC2(CCCCC2)C1=O)NCc1cccc(NC(=O)Cn2cccn2)c1. The van der Waals surface area contributed by atoms with E-state index in [-0.39, 0.29) is 43.8 Å². The number of nitrogens with zero attached hydrogens (tertiary/aromatic N) is 3. The van der Waals surface area contributed by atoms with Crippen molar-refractivity contribution in [1.82, 2.24) is 25.3 Å². The van der Waals surface area contributed by atoms with Gasteiger partial charge >= 0.3 is 6.03 Å². The van der Waals surface area contributed by atoms with E-state index in [0.717, 1.165) is 24.8 Å². The van der Waals surface area contributed by atoms with Crippen LogP contribution in [0.1, 0.15) is 44.1 Å². The lowest BCUT2D eigenvalue weighted by molar-refractivity contribution is -0.132. The largest absolute Gasteiger partial charge is 0.352 e. The third-order valence-corrected chi connectivity index (χ3v) is 6.08. The molecule has 1 saturated carbocycles. The van der Waals surface area contributed by atoms with Gasteiger partial charge < -0.3 is 16.0 Å². The predicted molar refractivity (Wildman–Crippen MR) is 120 cm³/mol. The van der Waals surface area contributed by atoms with Gasteiger partial charge in [-0.1, -0.05) is 31.4 Å². The number of carbonyl (C=O) groups excluding carboxylic acids is 4. The van der Waals surface area contributed by atoms with Crippen LogP contribution in [0.15, 0.2) is 42.7 Å². The van der Waals surface area contributed by atoms with Crippen LogP contribution >= 0.6 is 0 Å². The average Bonchev–Trinajstić information content (AvgIpc) is 3.38. The minimum absolute atomic E-state index is 0.0372. The zero-order chi connectivity index (χ0) is 23.3. The molecule has 1 spiro atoms. The van der Waals surface area contributed by atoms with Gasteiger partial charge in [0.1, 0.15) is 12.1 Å². The molecule has 0 bridgehead atoms.